The van der Waals surface area contributed by atoms with Crippen LogP contribution >= 0.6 is 0 Å². The zero-order valence-corrected chi connectivity index (χ0v) is 15.8. The Balaban J connectivity index is 2.03. The van der Waals surface area contributed by atoms with Gasteiger partial charge in [-0.05, 0) is 29.0 Å². The standard InChI is InChI=1S/C20H28N4O/c1-14(2)16-6-7-19(18(12-16)15(3)4)23-20(25)24(5)11-8-17-13-21-9-10-22-17/h6-7,9-10,12-15H,8,11H2,1-5H3,(H,23,25). The highest BCUT2D eigenvalue weighted by Crippen LogP contribution is 2.28. The molecule has 0 aliphatic heterocycles. The van der Waals surface area contributed by atoms with Gasteiger partial charge in [0.15, 0.2) is 0 Å². The van der Waals surface area contributed by atoms with E-state index in [0.717, 1.165) is 11.4 Å². The summed E-state index contributed by atoms with van der Waals surface area (Å²) >= 11 is 0. The summed E-state index contributed by atoms with van der Waals surface area (Å²) in [6, 6.07) is 6.19. The van der Waals surface area contributed by atoms with E-state index in [1.807, 2.05) is 6.07 Å². The Bertz CT molecular complexity index is 698. The van der Waals surface area contributed by atoms with Gasteiger partial charge < -0.3 is 10.2 Å². The summed E-state index contributed by atoms with van der Waals surface area (Å²) in [5.74, 6) is 0.816. The number of rotatable bonds is 6. The molecule has 1 N–H and O–H groups in total. The highest BCUT2D eigenvalue weighted by molar-refractivity contribution is 5.90. The molecule has 0 atom stereocenters. The van der Waals surface area contributed by atoms with Crippen LogP contribution in [0.4, 0.5) is 10.5 Å². The fourth-order valence-electron chi connectivity index (χ4n) is 2.59. The van der Waals surface area contributed by atoms with E-state index in [-0.39, 0.29) is 6.03 Å². The number of anilines is 1. The maximum atomic E-state index is 12.5. The molecule has 25 heavy (non-hydrogen) atoms. The molecule has 1 aromatic carbocycles. The molecule has 134 valence electrons. The predicted octanol–water partition coefficient (Wildman–Crippen LogP) is 4.43. The Labute approximate surface area is 150 Å². The number of likely N-dealkylation sites (N-methyl/N-ethyl adjacent to an activating group) is 1. The van der Waals surface area contributed by atoms with E-state index >= 15 is 0 Å². The third-order valence-corrected chi connectivity index (χ3v) is 4.27. The Hall–Kier alpha value is -2.43. The van der Waals surface area contributed by atoms with Crippen LogP contribution in [-0.4, -0.2) is 34.5 Å². The monoisotopic (exact) mass is 340 g/mol. The number of aromatic nitrogens is 2. The second-order valence-corrected chi connectivity index (χ2v) is 6.95. The lowest BCUT2D eigenvalue weighted by atomic mass is 9.94. The van der Waals surface area contributed by atoms with Gasteiger partial charge in [-0.3, -0.25) is 9.97 Å². The summed E-state index contributed by atoms with van der Waals surface area (Å²) in [6.45, 7) is 9.24. The molecule has 0 aliphatic carbocycles. The van der Waals surface area contributed by atoms with Crippen molar-refractivity contribution < 1.29 is 4.79 Å². The van der Waals surface area contributed by atoms with Crippen LogP contribution < -0.4 is 5.32 Å². The van der Waals surface area contributed by atoms with Crippen LogP contribution in [0.3, 0.4) is 0 Å². The molecule has 2 rings (SSSR count). The van der Waals surface area contributed by atoms with Gasteiger partial charge in [-0.1, -0.05) is 39.8 Å². The van der Waals surface area contributed by atoms with Crippen molar-refractivity contribution in [1.29, 1.82) is 0 Å². The molecule has 0 radical (unpaired) electrons. The molecule has 5 heteroatoms. The first-order chi connectivity index (χ1) is 11.9. The molecule has 0 saturated heterocycles. The third-order valence-electron chi connectivity index (χ3n) is 4.27. The minimum atomic E-state index is -0.108. The number of carbonyl (C=O) groups is 1. The summed E-state index contributed by atoms with van der Waals surface area (Å²) in [4.78, 5) is 22.5. The molecule has 1 heterocycles. The zero-order valence-electron chi connectivity index (χ0n) is 15.8. The van der Waals surface area contributed by atoms with Gasteiger partial charge in [0.2, 0.25) is 0 Å². The van der Waals surface area contributed by atoms with Gasteiger partial charge in [-0.2, -0.15) is 0 Å². The molecule has 0 bridgehead atoms. The maximum absolute atomic E-state index is 12.5. The largest absolute Gasteiger partial charge is 0.327 e. The summed E-state index contributed by atoms with van der Waals surface area (Å²) < 4.78 is 0. The van der Waals surface area contributed by atoms with Crippen LogP contribution in [0.15, 0.2) is 36.8 Å². The van der Waals surface area contributed by atoms with Crippen molar-refractivity contribution in [3.8, 4) is 0 Å². The van der Waals surface area contributed by atoms with E-state index in [1.54, 1.807) is 30.5 Å². The second kappa shape index (κ2) is 8.60. The quantitative estimate of drug-likeness (QED) is 0.846. The molecular formula is C20H28N4O. The fourth-order valence-corrected chi connectivity index (χ4v) is 2.59. The molecule has 1 aromatic heterocycles. The lowest BCUT2D eigenvalue weighted by Gasteiger charge is -2.21. The normalized spacial score (nSPS) is 11.0. The average Bonchev–Trinajstić information content (AvgIpc) is 2.60. The van der Waals surface area contributed by atoms with E-state index in [9.17, 15) is 4.79 Å². The lowest BCUT2D eigenvalue weighted by Crippen LogP contribution is -2.33. The minimum absolute atomic E-state index is 0.108. The van der Waals surface area contributed by atoms with E-state index in [2.05, 4.69) is 55.1 Å². The van der Waals surface area contributed by atoms with Gasteiger partial charge in [0.05, 0.1) is 5.69 Å². The SMILES string of the molecule is CC(C)c1ccc(NC(=O)N(C)CCc2cnccn2)c(C(C)C)c1. The fraction of sp³-hybridized carbons (Fsp3) is 0.450. The van der Waals surface area contributed by atoms with Crippen LogP contribution in [0.5, 0.6) is 0 Å². The van der Waals surface area contributed by atoms with Gasteiger partial charge in [-0.25, -0.2) is 4.79 Å². The highest BCUT2D eigenvalue weighted by atomic mass is 16.2. The van der Waals surface area contributed by atoms with E-state index < -0.39 is 0 Å². The second-order valence-electron chi connectivity index (χ2n) is 6.95. The van der Waals surface area contributed by atoms with Gasteiger partial charge in [0.25, 0.3) is 0 Å². The van der Waals surface area contributed by atoms with Gasteiger partial charge in [0, 0.05) is 44.3 Å². The van der Waals surface area contributed by atoms with Crippen LogP contribution in [-0.2, 0) is 6.42 Å². The van der Waals surface area contributed by atoms with Crippen LogP contribution in [0.2, 0.25) is 0 Å². The number of carbonyl (C=O) groups excluding carboxylic acids is 1. The number of benzene rings is 1. The third kappa shape index (κ3) is 5.28. The maximum Gasteiger partial charge on any atom is 0.321 e. The molecule has 0 spiro atoms. The number of amides is 2. The van der Waals surface area contributed by atoms with Crippen molar-refractivity contribution in [3.05, 3.63) is 53.6 Å². The number of nitrogens with zero attached hydrogens (tertiary/aromatic N) is 3. The predicted molar refractivity (Wildman–Crippen MR) is 102 cm³/mol. The van der Waals surface area contributed by atoms with Crippen LogP contribution in [0.25, 0.3) is 0 Å². The smallest absolute Gasteiger partial charge is 0.321 e. The molecule has 2 aromatic rings. The molecule has 2 amide bonds. The molecular weight excluding hydrogens is 312 g/mol. The summed E-state index contributed by atoms with van der Waals surface area (Å²) in [6.07, 6.45) is 5.73. The molecule has 5 nitrogen and oxygen atoms in total. The van der Waals surface area contributed by atoms with Gasteiger partial charge in [-0.15, -0.1) is 0 Å². The highest BCUT2D eigenvalue weighted by Gasteiger charge is 2.14. The molecule has 0 fully saturated rings. The number of hydrogen-bond acceptors (Lipinski definition) is 3. The van der Waals surface area contributed by atoms with Gasteiger partial charge >= 0.3 is 6.03 Å². The van der Waals surface area contributed by atoms with Crippen molar-refractivity contribution in [2.75, 3.05) is 18.9 Å². The van der Waals surface area contributed by atoms with Crippen LogP contribution in [0.1, 0.15) is 56.4 Å². The minimum Gasteiger partial charge on any atom is -0.327 e. The Morgan fingerprint density at radius 1 is 1.16 bits per heavy atom. The number of hydrogen-bond donors (Lipinski definition) is 1. The summed E-state index contributed by atoms with van der Waals surface area (Å²) in [7, 11) is 1.79. The van der Waals surface area contributed by atoms with Gasteiger partial charge in [0.1, 0.15) is 0 Å². The summed E-state index contributed by atoms with van der Waals surface area (Å²) in [5.41, 5.74) is 4.22. The Morgan fingerprint density at radius 3 is 2.52 bits per heavy atom. The molecule has 0 aliphatic rings. The Morgan fingerprint density at radius 2 is 1.92 bits per heavy atom. The topological polar surface area (TPSA) is 58.1 Å². The van der Waals surface area contributed by atoms with Crippen molar-refractivity contribution in [2.24, 2.45) is 0 Å². The summed E-state index contributed by atoms with van der Waals surface area (Å²) in [5, 5.41) is 3.05. The number of urea groups is 1. The van der Waals surface area contributed by atoms with Crippen molar-refractivity contribution in [2.45, 2.75) is 46.0 Å². The average molecular weight is 340 g/mol. The van der Waals surface area contributed by atoms with E-state index in [4.69, 9.17) is 0 Å². The Kier molecular flexibility index (Phi) is 6.51. The lowest BCUT2D eigenvalue weighted by molar-refractivity contribution is 0.223. The van der Waals surface area contributed by atoms with Crippen molar-refractivity contribution in [1.82, 2.24) is 14.9 Å². The van der Waals surface area contributed by atoms with Crippen molar-refractivity contribution in [3.63, 3.8) is 0 Å². The first kappa shape index (κ1) is 18.9. The molecule has 0 unspecified atom stereocenters. The molecule has 0 saturated carbocycles. The van der Waals surface area contributed by atoms with Crippen molar-refractivity contribution >= 4 is 11.7 Å². The van der Waals surface area contributed by atoms with E-state index in [1.165, 1.54) is 11.1 Å². The first-order valence-corrected chi connectivity index (χ1v) is 8.79. The van der Waals surface area contributed by atoms with E-state index in [0.29, 0.717) is 24.8 Å². The first-order valence-electron chi connectivity index (χ1n) is 8.79. The van der Waals surface area contributed by atoms with Crippen LogP contribution in [0, 0.1) is 0 Å². The number of nitrogens with one attached hydrogen (secondary N) is 1. The zero-order chi connectivity index (χ0) is 18.4.